The molecule has 0 saturated carbocycles. The number of esters is 1. The van der Waals surface area contributed by atoms with Gasteiger partial charge in [0.25, 0.3) is 0 Å². The van der Waals surface area contributed by atoms with Crippen molar-refractivity contribution in [1.29, 1.82) is 0 Å². The van der Waals surface area contributed by atoms with Gasteiger partial charge < -0.3 is 4.74 Å². The van der Waals surface area contributed by atoms with Crippen molar-refractivity contribution >= 4 is 28.5 Å². The molecular formula is C13H12ClNO2. The zero-order chi connectivity index (χ0) is 12.4. The van der Waals surface area contributed by atoms with Gasteiger partial charge in [-0.15, -0.1) is 0 Å². The van der Waals surface area contributed by atoms with Gasteiger partial charge in [-0.05, 0) is 37.6 Å². The molecule has 0 unspecified atom stereocenters. The predicted octanol–water partition coefficient (Wildman–Crippen LogP) is 3.37. The molecule has 0 aliphatic heterocycles. The molecule has 0 spiro atoms. The minimum absolute atomic E-state index is 0.341. The Bertz CT molecular complexity index is 581. The molecule has 1 heterocycles. The molecule has 0 bridgehead atoms. The molecule has 0 aliphatic rings. The van der Waals surface area contributed by atoms with Gasteiger partial charge in [-0.1, -0.05) is 11.6 Å². The number of carbonyl (C=O) groups is 1. The minimum atomic E-state index is -0.341. The van der Waals surface area contributed by atoms with E-state index in [4.69, 9.17) is 16.3 Å². The van der Waals surface area contributed by atoms with Crippen molar-refractivity contribution in [1.82, 2.24) is 4.98 Å². The molecule has 0 fully saturated rings. The first-order valence-electron chi connectivity index (χ1n) is 5.35. The van der Waals surface area contributed by atoms with Crippen LogP contribution in [0.3, 0.4) is 0 Å². The maximum absolute atomic E-state index is 11.6. The van der Waals surface area contributed by atoms with Crippen LogP contribution in [0.1, 0.15) is 22.8 Å². The number of carbonyl (C=O) groups excluding carboxylic acids is 1. The van der Waals surface area contributed by atoms with Crippen molar-refractivity contribution in [3.8, 4) is 0 Å². The van der Waals surface area contributed by atoms with E-state index in [2.05, 4.69) is 4.98 Å². The highest BCUT2D eigenvalue weighted by atomic mass is 35.5. The summed E-state index contributed by atoms with van der Waals surface area (Å²) in [5.74, 6) is -0.341. The van der Waals surface area contributed by atoms with Gasteiger partial charge in [0.1, 0.15) is 0 Å². The summed E-state index contributed by atoms with van der Waals surface area (Å²) in [7, 11) is 0. The minimum Gasteiger partial charge on any atom is -0.462 e. The van der Waals surface area contributed by atoms with Crippen LogP contribution >= 0.6 is 11.6 Å². The Morgan fingerprint density at radius 2 is 2.24 bits per heavy atom. The number of aryl methyl sites for hydroxylation is 1. The zero-order valence-electron chi connectivity index (χ0n) is 9.66. The molecule has 0 atom stereocenters. The molecule has 0 saturated heterocycles. The van der Waals surface area contributed by atoms with Crippen LogP contribution in [0.5, 0.6) is 0 Å². The number of aromatic nitrogens is 1. The van der Waals surface area contributed by atoms with E-state index in [-0.39, 0.29) is 5.97 Å². The molecule has 0 N–H and O–H groups in total. The molecule has 2 aromatic rings. The third-order valence-electron chi connectivity index (χ3n) is 2.49. The molecule has 0 amide bonds. The van der Waals surface area contributed by atoms with Gasteiger partial charge in [0.2, 0.25) is 0 Å². The van der Waals surface area contributed by atoms with Gasteiger partial charge in [-0.2, -0.15) is 0 Å². The summed E-state index contributed by atoms with van der Waals surface area (Å²) in [5.41, 5.74) is 2.16. The normalized spacial score (nSPS) is 10.5. The zero-order valence-corrected chi connectivity index (χ0v) is 10.4. The Morgan fingerprint density at radius 3 is 2.94 bits per heavy atom. The third-order valence-corrected chi connectivity index (χ3v) is 2.99. The summed E-state index contributed by atoms with van der Waals surface area (Å²) in [6.45, 7) is 4.01. The lowest BCUT2D eigenvalue weighted by molar-refractivity contribution is 0.0526. The van der Waals surface area contributed by atoms with E-state index in [0.29, 0.717) is 17.2 Å². The Kier molecular flexibility index (Phi) is 3.29. The quantitative estimate of drug-likeness (QED) is 0.766. The Balaban J connectivity index is 2.56. The number of pyridine rings is 1. The highest BCUT2D eigenvalue weighted by molar-refractivity contribution is 6.36. The molecule has 1 aromatic heterocycles. The second kappa shape index (κ2) is 4.72. The highest BCUT2D eigenvalue weighted by Gasteiger charge is 2.10. The van der Waals surface area contributed by atoms with E-state index in [1.54, 1.807) is 31.3 Å². The number of hydrogen-bond acceptors (Lipinski definition) is 3. The molecule has 4 heteroatoms. The summed E-state index contributed by atoms with van der Waals surface area (Å²) in [6, 6.07) is 5.18. The molecule has 3 nitrogen and oxygen atoms in total. The van der Waals surface area contributed by atoms with E-state index in [1.165, 1.54) is 0 Å². The fourth-order valence-electron chi connectivity index (χ4n) is 1.60. The summed E-state index contributed by atoms with van der Waals surface area (Å²) < 4.78 is 4.94. The topological polar surface area (TPSA) is 39.2 Å². The van der Waals surface area contributed by atoms with Crippen LogP contribution in [-0.4, -0.2) is 17.6 Å². The monoisotopic (exact) mass is 249 g/mol. The number of nitrogens with zero attached hydrogens (tertiary/aromatic N) is 1. The summed E-state index contributed by atoms with van der Waals surface area (Å²) >= 11 is 6.19. The number of fused-ring (bicyclic) bond motifs is 1. The summed E-state index contributed by atoms with van der Waals surface area (Å²) in [4.78, 5) is 15.9. The fraction of sp³-hybridized carbons (Fsp3) is 0.231. The largest absolute Gasteiger partial charge is 0.462 e. The first-order chi connectivity index (χ1) is 8.13. The molecule has 2 rings (SSSR count). The van der Waals surface area contributed by atoms with Crippen LogP contribution < -0.4 is 0 Å². The number of halogens is 1. The fourth-order valence-corrected chi connectivity index (χ4v) is 1.80. The second-order valence-corrected chi connectivity index (χ2v) is 4.09. The molecule has 1 aromatic carbocycles. The molecule has 88 valence electrons. The van der Waals surface area contributed by atoms with Gasteiger partial charge in [0.05, 0.1) is 22.7 Å². The molecular weight excluding hydrogens is 238 g/mol. The van der Waals surface area contributed by atoms with Gasteiger partial charge in [0, 0.05) is 11.6 Å². The average molecular weight is 250 g/mol. The Hall–Kier alpha value is -1.61. The van der Waals surface area contributed by atoms with E-state index in [1.807, 2.05) is 6.92 Å². The summed E-state index contributed by atoms with van der Waals surface area (Å²) in [5, 5.41) is 1.40. The lowest BCUT2D eigenvalue weighted by Gasteiger charge is -2.06. The molecule has 17 heavy (non-hydrogen) atoms. The SMILES string of the molecule is CCOC(=O)c1ccc2ncc(C)c(Cl)c2c1. The predicted molar refractivity (Wildman–Crippen MR) is 67.4 cm³/mol. The maximum atomic E-state index is 11.6. The van der Waals surface area contributed by atoms with Crippen LogP contribution in [0.15, 0.2) is 24.4 Å². The first-order valence-corrected chi connectivity index (χ1v) is 5.73. The Labute approximate surface area is 104 Å². The average Bonchev–Trinajstić information content (AvgIpc) is 2.34. The van der Waals surface area contributed by atoms with Crippen molar-refractivity contribution in [3.05, 3.63) is 40.5 Å². The van der Waals surface area contributed by atoms with Crippen molar-refractivity contribution in [2.75, 3.05) is 6.61 Å². The van der Waals surface area contributed by atoms with Crippen LogP contribution in [0.25, 0.3) is 10.9 Å². The van der Waals surface area contributed by atoms with Gasteiger partial charge in [-0.25, -0.2) is 4.79 Å². The highest BCUT2D eigenvalue weighted by Crippen LogP contribution is 2.26. The van der Waals surface area contributed by atoms with Gasteiger partial charge >= 0.3 is 5.97 Å². The number of hydrogen-bond donors (Lipinski definition) is 0. The number of ether oxygens (including phenoxy) is 1. The van der Waals surface area contributed by atoms with Crippen LogP contribution in [0.2, 0.25) is 5.02 Å². The number of benzene rings is 1. The van der Waals surface area contributed by atoms with Crippen molar-refractivity contribution < 1.29 is 9.53 Å². The Morgan fingerprint density at radius 1 is 1.47 bits per heavy atom. The second-order valence-electron chi connectivity index (χ2n) is 3.71. The van der Waals surface area contributed by atoms with E-state index in [9.17, 15) is 4.79 Å². The standard InChI is InChI=1S/C13H12ClNO2/c1-3-17-13(16)9-4-5-11-10(6-9)12(14)8(2)7-15-11/h4-7H,3H2,1-2H3. The van der Waals surface area contributed by atoms with E-state index >= 15 is 0 Å². The first kappa shape index (κ1) is 11.9. The smallest absolute Gasteiger partial charge is 0.338 e. The van der Waals surface area contributed by atoms with E-state index < -0.39 is 0 Å². The molecule has 0 radical (unpaired) electrons. The lowest BCUT2D eigenvalue weighted by atomic mass is 10.1. The van der Waals surface area contributed by atoms with E-state index in [0.717, 1.165) is 16.5 Å². The van der Waals surface area contributed by atoms with Crippen LogP contribution in [-0.2, 0) is 4.74 Å². The third kappa shape index (κ3) is 2.24. The van der Waals surface area contributed by atoms with Gasteiger partial charge in [-0.3, -0.25) is 4.98 Å². The van der Waals surface area contributed by atoms with Crippen LogP contribution in [0.4, 0.5) is 0 Å². The van der Waals surface area contributed by atoms with Gasteiger partial charge in [0.15, 0.2) is 0 Å². The van der Waals surface area contributed by atoms with Crippen LogP contribution in [0, 0.1) is 6.92 Å². The van der Waals surface area contributed by atoms with Crippen molar-refractivity contribution in [2.24, 2.45) is 0 Å². The molecule has 0 aliphatic carbocycles. The van der Waals surface area contributed by atoms with Crippen molar-refractivity contribution in [3.63, 3.8) is 0 Å². The number of rotatable bonds is 2. The maximum Gasteiger partial charge on any atom is 0.338 e. The lowest BCUT2D eigenvalue weighted by Crippen LogP contribution is -2.04. The van der Waals surface area contributed by atoms with Crippen molar-refractivity contribution in [2.45, 2.75) is 13.8 Å². The summed E-state index contributed by atoms with van der Waals surface area (Å²) in [6.07, 6.45) is 1.72.